The number of hydrogen-bond acceptors (Lipinski definition) is 2. The zero-order valence-corrected chi connectivity index (χ0v) is 10.6. The number of nitrogens with zero attached hydrogens (tertiary/aromatic N) is 1. The van der Waals surface area contributed by atoms with E-state index in [1.54, 1.807) is 0 Å². The summed E-state index contributed by atoms with van der Waals surface area (Å²) in [5.74, 6) is 0.825. The molecular formula is C12H28N2. The molecule has 2 nitrogen and oxygen atoms in total. The topological polar surface area (TPSA) is 29.3 Å². The Morgan fingerprint density at radius 1 is 1.29 bits per heavy atom. The van der Waals surface area contributed by atoms with Crippen molar-refractivity contribution in [2.75, 3.05) is 26.7 Å². The summed E-state index contributed by atoms with van der Waals surface area (Å²) in [5.41, 5.74) is 5.96. The first-order chi connectivity index (χ1) is 6.37. The van der Waals surface area contributed by atoms with Crippen molar-refractivity contribution in [3.8, 4) is 0 Å². The van der Waals surface area contributed by atoms with Crippen LogP contribution in [-0.4, -0.2) is 31.6 Å². The Labute approximate surface area is 89.9 Å². The van der Waals surface area contributed by atoms with E-state index < -0.39 is 0 Å². The lowest BCUT2D eigenvalue weighted by atomic mass is 9.93. The Balaban J connectivity index is 3.60. The van der Waals surface area contributed by atoms with Crippen LogP contribution in [0, 0.1) is 11.3 Å². The molecule has 0 aliphatic carbocycles. The highest BCUT2D eigenvalue weighted by molar-refractivity contribution is 4.73. The predicted molar refractivity (Wildman–Crippen MR) is 64.4 cm³/mol. The second-order valence-corrected chi connectivity index (χ2v) is 5.64. The molecule has 0 aromatic rings. The highest BCUT2D eigenvalue weighted by Gasteiger charge is 2.17. The van der Waals surface area contributed by atoms with Gasteiger partial charge in [-0.1, -0.05) is 27.7 Å². The molecule has 0 radical (unpaired) electrons. The van der Waals surface area contributed by atoms with Gasteiger partial charge in [0.15, 0.2) is 0 Å². The normalized spacial score (nSPS) is 12.9. The summed E-state index contributed by atoms with van der Waals surface area (Å²) in [5, 5.41) is 0. The first-order valence-electron chi connectivity index (χ1n) is 5.76. The van der Waals surface area contributed by atoms with Gasteiger partial charge in [-0.05, 0) is 44.3 Å². The summed E-state index contributed by atoms with van der Waals surface area (Å²) < 4.78 is 0. The van der Waals surface area contributed by atoms with Gasteiger partial charge in [0, 0.05) is 6.54 Å². The number of hydrogen-bond donors (Lipinski definition) is 1. The minimum atomic E-state index is 0.257. The molecule has 0 aliphatic rings. The van der Waals surface area contributed by atoms with Crippen LogP contribution in [0.15, 0.2) is 0 Å². The zero-order chi connectivity index (χ0) is 11.2. The second kappa shape index (κ2) is 6.41. The van der Waals surface area contributed by atoms with E-state index in [9.17, 15) is 0 Å². The van der Waals surface area contributed by atoms with Crippen LogP contribution in [0.1, 0.15) is 40.5 Å². The maximum atomic E-state index is 5.70. The third kappa shape index (κ3) is 7.34. The molecule has 0 aliphatic heterocycles. The van der Waals surface area contributed by atoms with E-state index in [2.05, 4.69) is 39.6 Å². The molecule has 0 rings (SSSR count). The Hall–Kier alpha value is -0.0800. The van der Waals surface area contributed by atoms with Gasteiger partial charge in [0.1, 0.15) is 0 Å². The van der Waals surface area contributed by atoms with Crippen molar-refractivity contribution in [3.05, 3.63) is 0 Å². The van der Waals surface area contributed by atoms with Crippen molar-refractivity contribution in [2.24, 2.45) is 17.1 Å². The van der Waals surface area contributed by atoms with Gasteiger partial charge in [-0.15, -0.1) is 0 Å². The van der Waals surface area contributed by atoms with Crippen molar-refractivity contribution in [1.82, 2.24) is 4.90 Å². The molecule has 0 bridgehead atoms. The van der Waals surface area contributed by atoms with Crippen LogP contribution >= 0.6 is 0 Å². The van der Waals surface area contributed by atoms with Gasteiger partial charge in [0.2, 0.25) is 0 Å². The first-order valence-corrected chi connectivity index (χ1v) is 5.76. The molecule has 0 aromatic carbocycles. The lowest BCUT2D eigenvalue weighted by Crippen LogP contribution is -2.37. The molecular weight excluding hydrogens is 172 g/mol. The summed E-state index contributed by atoms with van der Waals surface area (Å²) in [6.45, 7) is 12.1. The Kier molecular flexibility index (Phi) is 6.38. The Morgan fingerprint density at radius 2 is 1.86 bits per heavy atom. The van der Waals surface area contributed by atoms with Crippen molar-refractivity contribution in [3.63, 3.8) is 0 Å². The molecule has 14 heavy (non-hydrogen) atoms. The molecule has 0 unspecified atom stereocenters. The van der Waals surface area contributed by atoms with Crippen molar-refractivity contribution < 1.29 is 0 Å². The maximum Gasteiger partial charge on any atom is 0.00417 e. The largest absolute Gasteiger partial charge is 0.330 e. The van der Waals surface area contributed by atoms with Crippen molar-refractivity contribution >= 4 is 0 Å². The molecule has 0 saturated heterocycles. The van der Waals surface area contributed by atoms with E-state index in [-0.39, 0.29) is 5.41 Å². The van der Waals surface area contributed by atoms with E-state index in [4.69, 9.17) is 5.73 Å². The standard InChI is InChI=1S/C12H28N2/c1-11(2)7-6-8-14(5)10-12(3,4)9-13/h11H,6-10,13H2,1-5H3. The third-order valence-electron chi connectivity index (χ3n) is 2.57. The molecule has 0 aromatic heterocycles. The van der Waals surface area contributed by atoms with Crippen LogP contribution in [0.2, 0.25) is 0 Å². The van der Waals surface area contributed by atoms with Crippen molar-refractivity contribution in [1.29, 1.82) is 0 Å². The minimum absolute atomic E-state index is 0.257. The molecule has 0 fully saturated rings. The highest BCUT2D eigenvalue weighted by Crippen LogP contribution is 2.14. The summed E-state index contributed by atoms with van der Waals surface area (Å²) in [7, 11) is 2.19. The lowest BCUT2D eigenvalue weighted by Gasteiger charge is -2.29. The molecule has 0 saturated carbocycles. The maximum absolute atomic E-state index is 5.70. The molecule has 2 heteroatoms. The summed E-state index contributed by atoms with van der Waals surface area (Å²) >= 11 is 0. The van der Waals surface area contributed by atoms with Gasteiger partial charge in [0.05, 0.1) is 0 Å². The molecule has 0 atom stereocenters. The van der Waals surface area contributed by atoms with Crippen LogP contribution in [-0.2, 0) is 0 Å². The summed E-state index contributed by atoms with van der Waals surface area (Å²) in [4.78, 5) is 2.40. The van der Waals surface area contributed by atoms with E-state index >= 15 is 0 Å². The average molecular weight is 200 g/mol. The van der Waals surface area contributed by atoms with Gasteiger partial charge in [0.25, 0.3) is 0 Å². The van der Waals surface area contributed by atoms with E-state index in [1.807, 2.05) is 0 Å². The van der Waals surface area contributed by atoms with E-state index in [1.165, 1.54) is 19.4 Å². The fourth-order valence-corrected chi connectivity index (χ4v) is 1.64. The van der Waals surface area contributed by atoms with Gasteiger partial charge < -0.3 is 10.6 Å². The van der Waals surface area contributed by atoms with Crippen LogP contribution in [0.5, 0.6) is 0 Å². The minimum Gasteiger partial charge on any atom is -0.330 e. The van der Waals surface area contributed by atoms with Crippen LogP contribution in [0.4, 0.5) is 0 Å². The molecule has 86 valence electrons. The zero-order valence-electron chi connectivity index (χ0n) is 10.6. The SMILES string of the molecule is CC(C)CCCN(C)CC(C)(C)CN. The van der Waals surface area contributed by atoms with Gasteiger partial charge in [-0.3, -0.25) is 0 Å². The monoisotopic (exact) mass is 200 g/mol. The first kappa shape index (κ1) is 13.9. The van der Waals surface area contributed by atoms with Gasteiger partial charge in [-0.2, -0.15) is 0 Å². The van der Waals surface area contributed by atoms with Gasteiger partial charge >= 0.3 is 0 Å². The average Bonchev–Trinajstić information content (AvgIpc) is 2.02. The molecule has 0 heterocycles. The van der Waals surface area contributed by atoms with E-state index in [0.29, 0.717) is 0 Å². The summed E-state index contributed by atoms with van der Waals surface area (Å²) in [6, 6.07) is 0. The second-order valence-electron chi connectivity index (χ2n) is 5.64. The quantitative estimate of drug-likeness (QED) is 0.683. The van der Waals surface area contributed by atoms with Crippen molar-refractivity contribution in [2.45, 2.75) is 40.5 Å². The Bertz CT molecular complexity index is 141. The smallest absolute Gasteiger partial charge is 0.00417 e. The number of nitrogens with two attached hydrogens (primary N) is 1. The van der Waals surface area contributed by atoms with Gasteiger partial charge in [-0.25, -0.2) is 0 Å². The number of rotatable bonds is 7. The van der Waals surface area contributed by atoms with Crippen LogP contribution in [0.3, 0.4) is 0 Å². The Morgan fingerprint density at radius 3 is 2.29 bits per heavy atom. The molecule has 2 N–H and O–H groups in total. The lowest BCUT2D eigenvalue weighted by molar-refractivity contribution is 0.211. The fourth-order valence-electron chi connectivity index (χ4n) is 1.64. The van der Waals surface area contributed by atoms with Crippen LogP contribution in [0.25, 0.3) is 0 Å². The summed E-state index contributed by atoms with van der Waals surface area (Å²) in [6.07, 6.45) is 2.63. The molecule has 0 spiro atoms. The third-order valence-corrected chi connectivity index (χ3v) is 2.57. The highest BCUT2D eigenvalue weighted by atomic mass is 15.1. The van der Waals surface area contributed by atoms with E-state index in [0.717, 1.165) is 19.0 Å². The van der Waals surface area contributed by atoms with Crippen LogP contribution < -0.4 is 5.73 Å². The fraction of sp³-hybridized carbons (Fsp3) is 1.00. The molecule has 0 amide bonds. The predicted octanol–water partition coefficient (Wildman–Crippen LogP) is 2.34.